The second-order valence-electron chi connectivity index (χ2n) is 4.58. The van der Waals surface area contributed by atoms with Gasteiger partial charge in [0.2, 0.25) is 0 Å². The lowest BCUT2D eigenvalue weighted by molar-refractivity contribution is 0.133. The van der Waals surface area contributed by atoms with Crippen LogP contribution in [0.25, 0.3) is 0 Å². The van der Waals surface area contributed by atoms with E-state index in [1.165, 1.54) is 12.1 Å². The van der Waals surface area contributed by atoms with Crippen LogP contribution in [0.3, 0.4) is 0 Å². The lowest BCUT2D eigenvalue weighted by atomic mass is 10.2. The highest BCUT2D eigenvalue weighted by molar-refractivity contribution is 9.09. The molecule has 0 amide bonds. The number of alkyl halides is 1. The van der Waals surface area contributed by atoms with Crippen molar-refractivity contribution in [1.82, 2.24) is 9.80 Å². The molecule has 0 radical (unpaired) electrons. The summed E-state index contributed by atoms with van der Waals surface area (Å²) >= 11 is 3.43. The molecule has 18 heavy (non-hydrogen) atoms. The van der Waals surface area contributed by atoms with Gasteiger partial charge in [-0.3, -0.25) is 9.80 Å². The minimum absolute atomic E-state index is 0.497. The van der Waals surface area contributed by atoms with Crippen LogP contribution < -0.4 is 0 Å². The normalized spacial score (nSPS) is 18.2. The number of rotatable bonds is 4. The number of hydrogen-bond acceptors (Lipinski definition) is 2. The third kappa shape index (κ3) is 4.00. The molecule has 0 saturated carbocycles. The maximum absolute atomic E-state index is 13.1. The Morgan fingerprint density at radius 2 is 1.50 bits per heavy atom. The fourth-order valence-corrected chi connectivity index (χ4v) is 2.75. The Kier molecular flexibility index (Phi) is 5.09. The number of hydrogen-bond donors (Lipinski definition) is 0. The van der Waals surface area contributed by atoms with Crippen LogP contribution in [-0.2, 0) is 6.54 Å². The lowest BCUT2D eigenvalue weighted by Gasteiger charge is -2.34. The average Bonchev–Trinajstić information content (AvgIpc) is 2.31. The van der Waals surface area contributed by atoms with E-state index in [-0.39, 0.29) is 0 Å². The van der Waals surface area contributed by atoms with Gasteiger partial charge in [-0.25, -0.2) is 8.78 Å². The van der Waals surface area contributed by atoms with Crippen LogP contribution in [0, 0.1) is 11.6 Å². The zero-order valence-electron chi connectivity index (χ0n) is 10.2. The molecule has 1 saturated heterocycles. The SMILES string of the molecule is Fc1cc(F)cc(CN2CCN(CCBr)CC2)c1. The number of piperazine rings is 1. The Balaban J connectivity index is 1.87. The van der Waals surface area contributed by atoms with E-state index in [1.54, 1.807) is 0 Å². The van der Waals surface area contributed by atoms with E-state index < -0.39 is 11.6 Å². The van der Waals surface area contributed by atoms with Crippen LogP contribution in [-0.4, -0.2) is 47.9 Å². The molecule has 0 atom stereocenters. The summed E-state index contributed by atoms with van der Waals surface area (Å²) in [5, 5.41) is 0.988. The molecule has 5 heteroatoms. The number of halogens is 3. The Hall–Kier alpha value is -0.520. The predicted octanol–water partition coefficient (Wildman–Crippen LogP) is 2.48. The van der Waals surface area contributed by atoms with Gasteiger partial charge in [0, 0.05) is 50.7 Å². The topological polar surface area (TPSA) is 6.48 Å². The molecule has 2 rings (SSSR count). The van der Waals surface area contributed by atoms with Crippen LogP contribution in [0.1, 0.15) is 5.56 Å². The molecule has 1 aliphatic heterocycles. The first kappa shape index (κ1) is 13.9. The fraction of sp³-hybridized carbons (Fsp3) is 0.538. The summed E-state index contributed by atoms with van der Waals surface area (Å²) in [5.74, 6) is -0.995. The number of benzene rings is 1. The monoisotopic (exact) mass is 318 g/mol. The van der Waals surface area contributed by atoms with Crippen molar-refractivity contribution in [2.24, 2.45) is 0 Å². The maximum atomic E-state index is 13.1. The first-order valence-corrected chi connectivity index (χ1v) is 7.25. The summed E-state index contributed by atoms with van der Waals surface area (Å²) in [6.07, 6.45) is 0. The van der Waals surface area contributed by atoms with Crippen molar-refractivity contribution in [3.63, 3.8) is 0 Å². The molecule has 100 valence electrons. The second-order valence-corrected chi connectivity index (χ2v) is 5.38. The van der Waals surface area contributed by atoms with Crippen LogP contribution in [0.5, 0.6) is 0 Å². The quantitative estimate of drug-likeness (QED) is 0.787. The highest BCUT2D eigenvalue weighted by Crippen LogP contribution is 2.12. The van der Waals surface area contributed by atoms with Crippen LogP contribution in [0.15, 0.2) is 18.2 Å². The minimum Gasteiger partial charge on any atom is -0.300 e. The van der Waals surface area contributed by atoms with Gasteiger partial charge in [0.15, 0.2) is 0 Å². The van der Waals surface area contributed by atoms with Crippen LogP contribution in [0.4, 0.5) is 8.78 Å². The molecule has 2 nitrogen and oxygen atoms in total. The van der Waals surface area contributed by atoms with Crippen LogP contribution in [0.2, 0.25) is 0 Å². The van der Waals surface area contributed by atoms with Gasteiger partial charge in [-0.1, -0.05) is 15.9 Å². The first-order chi connectivity index (χ1) is 8.67. The van der Waals surface area contributed by atoms with Gasteiger partial charge in [-0.2, -0.15) is 0 Å². The van der Waals surface area contributed by atoms with E-state index in [0.717, 1.165) is 44.1 Å². The molecule has 1 aromatic rings. The number of nitrogens with zero attached hydrogens (tertiary/aromatic N) is 2. The molecule has 0 aromatic heterocycles. The summed E-state index contributed by atoms with van der Waals surface area (Å²) < 4.78 is 26.1. The van der Waals surface area contributed by atoms with Gasteiger partial charge in [0.05, 0.1) is 0 Å². The molecule has 1 aromatic carbocycles. The van der Waals surface area contributed by atoms with Gasteiger partial charge in [-0.05, 0) is 17.7 Å². The maximum Gasteiger partial charge on any atom is 0.126 e. The van der Waals surface area contributed by atoms with Gasteiger partial charge in [0.1, 0.15) is 11.6 Å². The highest BCUT2D eigenvalue weighted by atomic mass is 79.9. The van der Waals surface area contributed by atoms with E-state index in [1.807, 2.05) is 0 Å². The van der Waals surface area contributed by atoms with Gasteiger partial charge in [-0.15, -0.1) is 0 Å². The summed E-state index contributed by atoms with van der Waals surface area (Å²) in [7, 11) is 0. The summed E-state index contributed by atoms with van der Waals surface area (Å²) in [6.45, 7) is 5.61. The lowest BCUT2D eigenvalue weighted by Crippen LogP contribution is -2.46. The molecule has 0 N–H and O–H groups in total. The van der Waals surface area contributed by atoms with Gasteiger partial charge in [0.25, 0.3) is 0 Å². The predicted molar refractivity (Wildman–Crippen MR) is 71.9 cm³/mol. The summed E-state index contributed by atoms with van der Waals surface area (Å²) in [4.78, 5) is 4.62. The molecular formula is C13H17BrF2N2. The zero-order valence-corrected chi connectivity index (χ0v) is 11.8. The molecular weight excluding hydrogens is 302 g/mol. The Labute approximate surface area is 115 Å². The third-order valence-electron chi connectivity index (χ3n) is 3.19. The molecule has 0 spiro atoms. The highest BCUT2D eigenvalue weighted by Gasteiger charge is 2.16. The van der Waals surface area contributed by atoms with Crippen molar-refractivity contribution in [1.29, 1.82) is 0 Å². The molecule has 1 aliphatic rings. The van der Waals surface area contributed by atoms with E-state index in [9.17, 15) is 8.78 Å². The van der Waals surface area contributed by atoms with Gasteiger partial charge < -0.3 is 0 Å². The molecule has 0 bridgehead atoms. The van der Waals surface area contributed by atoms with Crippen molar-refractivity contribution in [3.8, 4) is 0 Å². The minimum atomic E-state index is -0.497. The van der Waals surface area contributed by atoms with Crippen molar-refractivity contribution in [3.05, 3.63) is 35.4 Å². The van der Waals surface area contributed by atoms with E-state index in [4.69, 9.17) is 0 Å². The summed E-state index contributed by atoms with van der Waals surface area (Å²) in [5.41, 5.74) is 0.710. The standard InChI is InChI=1S/C13H17BrF2N2/c14-1-2-17-3-5-18(6-4-17)10-11-7-12(15)9-13(16)8-11/h7-9H,1-6,10H2. The second kappa shape index (κ2) is 6.59. The van der Waals surface area contributed by atoms with Crippen molar-refractivity contribution in [2.75, 3.05) is 38.1 Å². The first-order valence-electron chi connectivity index (χ1n) is 6.13. The Morgan fingerprint density at radius 3 is 2.06 bits per heavy atom. The van der Waals surface area contributed by atoms with Crippen molar-refractivity contribution >= 4 is 15.9 Å². The summed E-state index contributed by atoms with van der Waals surface area (Å²) in [6, 6.07) is 3.74. The van der Waals surface area contributed by atoms with E-state index in [0.29, 0.717) is 12.1 Å². The molecule has 0 unspecified atom stereocenters. The van der Waals surface area contributed by atoms with E-state index in [2.05, 4.69) is 25.7 Å². The molecule has 1 fully saturated rings. The van der Waals surface area contributed by atoms with Gasteiger partial charge >= 0.3 is 0 Å². The van der Waals surface area contributed by atoms with Crippen molar-refractivity contribution in [2.45, 2.75) is 6.54 Å². The van der Waals surface area contributed by atoms with Crippen LogP contribution >= 0.6 is 15.9 Å². The zero-order chi connectivity index (χ0) is 13.0. The third-order valence-corrected chi connectivity index (χ3v) is 3.55. The average molecular weight is 319 g/mol. The van der Waals surface area contributed by atoms with Crippen molar-refractivity contribution < 1.29 is 8.78 Å². The molecule has 1 heterocycles. The van der Waals surface area contributed by atoms with E-state index >= 15 is 0 Å². The molecule has 0 aliphatic carbocycles. The fourth-order valence-electron chi connectivity index (χ4n) is 2.25. The smallest absolute Gasteiger partial charge is 0.126 e. The Morgan fingerprint density at radius 1 is 0.944 bits per heavy atom. The largest absolute Gasteiger partial charge is 0.300 e. The Bertz CT molecular complexity index is 372.